The topological polar surface area (TPSA) is 33.6 Å². The van der Waals surface area contributed by atoms with Gasteiger partial charge in [0, 0.05) is 0 Å². The highest BCUT2D eigenvalue weighted by Gasteiger charge is 1.96. The monoisotopic (exact) mass is 268 g/mol. The van der Waals surface area contributed by atoms with Crippen LogP contribution in [0, 0.1) is 5.92 Å². The second-order valence-electron chi connectivity index (χ2n) is 5.01. The molecule has 104 valence electrons. The van der Waals surface area contributed by atoms with Crippen LogP contribution in [0.5, 0.6) is 5.75 Å². The molecule has 0 aliphatic carbocycles. The molecule has 0 aromatic heterocycles. The number of hydrogen-bond acceptors (Lipinski definition) is 3. The van der Waals surface area contributed by atoms with Crippen molar-refractivity contribution >= 4 is 11.9 Å². The van der Waals surface area contributed by atoms with Crippen LogP contribution in [0.2, 0.25) is 0 Å². The molecular weight excluding hydrogens is 248 g/mol. The van der Waals surface area contributed by atoms with Crippen molar-refractivity contribution in [1.82, 2.24) is 0 Å². The Morgan fingerprint density at radius 3 is 2.40 bits per heavy atom. The van der Waals surface area contributed by atoms with Gasteiger partial charge in [-0.15, -0.1) is 0 Å². The fourth-order valence-corrected chi connectivity index (χ4v) is 1.61. The van der Waals surface area contributed by atoms with Gasteiger partial charge in [0.25, 0.3) is 0 Å². The van der Waals surface area contributed by atoms with Crippen molar-refractivity contribution in [2.24, 2.45) is 11.0 Å². The molecule has 2 rings (SSSR count). The first-order valence-electron chi connectivity index (χ1n) is 6.81. The molecule has 0 fully saturated rings. The first-order valence-corrected chi connectivity index (χ1v) is 6.81. The minimum atomic E-state index is 0.534. The van der Waals surface area contributed by atoms with Gasteiger partial charge in [0.15, 0.2) is 0 Å². The number of rotatable bonds is 6. The van der Waals surface area contributed by atoms with Crippen LogP contribution < -0.4 is 10.2 Å². The average molecular weight is 268 g/mol. The highest BCUT2D eigenvalue weighted by atomic mass is 16.5. The number of ether oxygens (including phenoxy) is 1. The van der Waals surface area contributed by atoms with Crippen LogP contribution in [0.25, 0.3) is 0 Å². The lowest BCUT2D eigenvalue weighted by Gasteiger charge is -2.08. The van der Waals surface area contributed by atoms with E-state index < -0.39 is 0 Å². The number of nitrogens with one attached hydrogen (secondary N) is 1. The van der Waals surface area contributed by atoms with E-state index in [-0.39, 0.29) is 0 Å². The molecule has 0 saturated carbocycles. The van der Waals surface area contributed by atoms with Crippen LogP contribution in [-0.4, -0.2) is 12.8 Å². The SMILES string of the molecule is CC(C)COc1ccc(C=NNc2ccccc2)cc1. The van der Waals surface area contributed by atoms with Crippen LogP contribution in [0.15, 0.2) is 59.7 Å². The number of anilines is 1. The largest absolute Gasteiger partial charge is 0.493 e. The van der Waals surface area contributed by atoms with Crippen LogP contribution in [0.1, 0.15) is 19.4 Å². The Hall–Kier alpha value is -2.29. The Balaban J connectivity index is 1.87. The minimum Gasteiger partial charge on any atom is -0.493 e. The van der Waals surface area contributed by atoms with Crippen molar-refractivity contribution in [2.45, 2.75) is 13.8 Å². The normalized spacial score (nSPS) is 10.9. The maximum absolute atomic E-state index is 5.64. The summed E-state index contributed by atoms with van der Waals surface area (Å²) >= 11 is 0. The van der Waals surface area contributed by atoms with E-state index in [2.05, 4.69) is 24.4 Å². The van der Waals surface area contributed by atoms with Crippen molar-refractivity contribution in [3.8, 4) is 5.75 Å². The van der Waals surface area contributed by atoms with Crippen molar-refractivity contribution < 1.29 is 4.74 Å². The van der Waals surface area contributed by atoms with Crippen molar-refractivity contribution in [3.05, 3.63) is 60.2 Å². The number of hydrazone groups is 1. The molecule has 0 aliphatic heterocycles. The summed E-state index contributed by atoms with van der Waals surface area (Å²) in [4.78, 5) is 0. The van der Waals surface area contributed by atoms with E-state index in [0.717, 1.165) is 23.6 Å². The molecule has 0 saturated heterocycles. The molecular formula is C17H20N2O. The molecule has 2 aromatic carbocycles. The Morgan fingerprint density at radius 2 is 1.75 bits per heavy atom. The zero-order chi connectivity index (χ0) is 14.2. The molecule has 0 amide bonds. The van der Waals surface area contributed by atoms with Gasteiger partial charge in [0.2, 0.25) is 0 Å². The maximum atomic E-state index is 5.64. The van der Waals surface area contributed by atoms with Gasteiger partial charge in [-0.25, -0.2) is 0 Å². The smallest absolute Gasteiger partial charge is 0.119 e. The van der Waals surface area contributed by atoms with Gasteiger partial charge in [-0.05, 0) is 47.9 Å². The van der Waals surface area contributed by atoms with Crippen LogP contribution in [0.3, 0.4) is 0 Å². The summed E-state index contributed by atoms with van der Waals surface area (Å²) in [6.45, 7) is 5.01. The number of benzene rings is 2. The van der Waals surface area contributed by atoms with Crippen molar-refractivity contribution in [3.63, 3.8) is 0 Å². The third-order valence-electron chi connectivity index (χ3n) is 2.64. The Bertz CT molecular complexity index is 533. The lowest BCUT2D eigenvalue weighted by Crippen LogP contribution is -2.04. The Kier molecular flexibility index (Phi) is 5.18. The molecule has 20 heavy (non-hydrogen) atoms. The summed E-state index contributed by atoms with van der Waals surface area (Å²) in [7, 11) is 0. The summed E-state index contributed by atoms with van der Waals surface area (Å²) in [5.74, 6) is 1.43. The molecule has 3 heteroatoms. The standard InChI is InChI=1S/C17H20N2O/c1-14(2)13-20-17-10-8-15(9-11-17)12-18-19-16-6-4-3-5-7-16/h3-12,14,19H,13H2,1-2H3. The molecule has 0 spiro atoms. The van der Waals surface area contributed by atoms with Gasteiger partial charge in [0.1, 0.15) is 5.75 Å². The molecule has 0 heterocycles. The molecule has 0 bridgehead atoms. The molecule has 0 unspecified atom stereocenters. The molecule has 0 radical (unpaired) electrons. The van der Waals surface area contributed by atoms with E-state index >= 15 is 0 Å². The zero-order valence-electron chi connectivity index (χ0n) is 11.9. The van der Waals surface area contributed by atoms with Gasteiger partial charge in [-0.2, -0.15) is 5.10 Å². The van der Waals surface area contributed by atoms with Gasteiger partial charge in [-0.3, -0.25) is 5.43 Å². The van der Waals surface area contributed by atoms with Crippen molar-refractivity contribution in [2.75, 3.05) is 12.0 Å². The fraction of sp³-hybridized carbons (Fsp3) is 0.235. The van der Waals surface area contributed by atoms with Crippen LogP contribution in [0.4, 0.5) is 5.69 Å². The summed E-state index contributed by atoms with van der Waals surface area (Å²) in [6, 6.07) is 17.8. The second kappa shape index (κ2) is 7.34. The third-order valence-corrected chi connectivity index (χ3v) is 2.64. The lowest BCUT2D eigenvalue weighted by molar-refractivity contribution is 0.271. The minimum absolute atomic E-state index is 0.534. The number of para-hydroxylation sites is 1. The number of hydrogen-bond donors (Lipinski definition) is 1. The van der Waals surface area contributed by atoms with E-state index in [4.69, 9.17) is 4.74 Å². The Labute approximate surface area is 120 Å². The molecule has 3 nitrogen and oxygen atoms in total. The predicted molar refractivity (Wildman–Crippen MR) is 84.4 cm³/mol. The van der Waals surface area contributed by atoms with E-state index in [1.165, 1.54) is 0 Å². The first kappa shape index (κ1) is 14.1. The number of nitrogens with zero attached hydrogens (tertiary/aromatic N) is 1. The quantitative estimate of drug-likeness (QED) is 0.630. The fourth-order valence-electron chi connectivity index (χ4n) is 1.61. The van der Waals surface area contributed by atoms with Crippen molar-refractivity contribution in [1.29, 1.82) is 0 Å². The Morgan fingerprint density at radius 1 is 1.05 bits per heavy atom. The van der Waals surface area contributed by atoms with Crippen LogP contribution in [-0.2, 0) is 0 Å². The summed E-state index contributed by atoms with van der Waals surface area (Å²) < 4.78 is 5.64. The van der Waals surface area contributed by atoms with E-state index in [1.54, 1.807) is 6.21 Å². The van der Waals surface area contributed by atoms with Gasteiger partial charge >= 0.3 is 0 Å². The average Bonchev–Trinajstić information content (AvgIpc) is 2.47. The summed E-state index contributed by atoms with van der Waals surface area (Å²) in [5.41, 5.74) is 4.99. The molecule has 1 N–H and O–H groups in total. The molecule has 0 aliphatic rings. The van der Waals surface area contributed by atoms with E-state index in [1.807, 2.05) is 54.6 Å². The van der Waals surface area contributed by atoms with Crippen LogP contribution >= 0.6 is 0 Å². The summed E-state index contributed by atoms with van der Waals surface area (Å²) in [6.07, 6.45) is 1.79. The van der Waals surface area contributed by atoms with E-state index in [0.29, 0.717) is 5.92 Å². The van der Waals surface area contributed by atoms with Gasteiger partial charge < -0.3 is 4.74 Å². The van der Waals surface area contributed by atoms with Gasteiger partial charge in [-0.1, -0.05) is 32.0 Å². The first-order chi connectivity index (χ1) is 9.74. The molecule has 2 aromatic rings. The third kappa shape index (κ3) is 4.76. The lowest BCUT2D eigenvalue weighted by atomic mass is 10.2. The van der Waals surface area contributed by atoms with Gasteiger partial charge in [0.05, 0.1) is 18.5 Å². The predicted octanol–water partition coefficient (Wildman–Crippen LogP) is 4.17. The highest BCUT2D eigenvalue weighted by Crippen LogP contribution is 2.12. The zero-order valence-corrected chi connectivity index (χ0v) is 11.9. The second-order valence-corrected chi connectivity index (χ2v) is 5.01. The molecule has 0 atom stereocenters. The highest BCUT2D eigenvalue weighted by molar-refractivity contribution is 5.80. The summed E-state index contributed by atoms with van der Waals surface area (Å²) in [5, 5.41) is 4.20. The maximum Gasteiger partial charge on any atom is 0.119 e. The van der Waals surface area contributed by atoms with E-state index in [9.17, 15) is 0 Å².